The van der Waals surface area contributed by atoms with Crippen LogP contribution in [-0.4, -0.2) is 19.5 Å². The molecule has 0 spiro atoms. The van der Waals surface area contributed by atoms with Gasteiger partial charge in [-0.15, -0.1) is 0 Å². The lowest BCUT2D eigenvalue weighted by Crippen LogP contribution is -2.24. The second kappa shape index (κ2) is 7.99. The summed E-state index contributed by atoms with van der Waals surface area (Å²) in [6, 6.07) is 3.62. The molecule has 0 rings (SSSR count). The highest BCUT2D eigenvalue weighted by Crippen LogP contribution is 2.12. The molecule has 15 heavy (non-hydrogen) atoms. The van der Waals surface area contributed by atoms with Crippen molar-refractivity contribution in [2.45, 2.75) is 27.1 Å². The van der Waals surface area contributed by atoms with Gasteiger partial charge in [-0.05, 0) is 19.9 Å². The number of rotatable bonds is 6. The van der Waals surface area contributed by atoms with Gasteiger partial charge in [0.05, 0.1) is 0 Å². The molecule has 4 nitrogen and oxygen atoms in total. The molecule has 0 aliphatic heterocycles. The number of nitrogens with zero attached hydrogens (tertiary/aromatic N) is 2. The van der Waals surface area contributed by atoms with Crippen molar-refractivity contribution in [1.29, 1.82) is 10.5 Å². The second-order valence-corrected chi connectivity index (χ2v) is 2.94. The van der Waals surface area contributed by atoms with E-state index in [1.807, 2.05) is 32.9 Å². The minimum absolute atomic E-state index is 0.0897. The van der Waals surface area contributed by atoms with E-state index in [9.17, 15) is 0 Å². The van der Waals surface area contributed by atoms with Gasteiger partial charge in [0.25, 0.3) is 0 Å². The highest BCUT2D eigenvalue weighted by atomic mass is 16.7. The first-order valence-corrected chi connectivity index (χ1v) is 4.94. The zero-order valence-electron chi connectivity index (χ0n) is 9.36. The average Bonchev–Trinajstić information content (AvgIpc) is 2.25. The van der Waals surface area contributed by atoms with Gasteiger partial charge in [-0.2, -0.15) is 10.5 Å². The Labute approximate surface area is 90.7 Å². The molecule has 0 aliphatic carbocycles. The third kappa shape index (κ3) is 5.17. The minimum Gasteiger partial charge on any atom is -0.352 e. The zero-order valence-corrected chi connectivity index (χ0v) is 9.36. The van der Waals surface area contributed by atoms with Gasteiger partial charge in [0.2, 0.25) is 0 Å². The maximum Gasteiger partial charge on any atom is 0.163 e. The summed E-state index contributed by atoms with van der Waals surface area (Å²) in [7, 11) is 0. The fraction of sp³-hybridized carbons (Fsp3) is 0.636. The normalized spacial score (nSPS) is 11.6. The van der Waals surface area contributed by atoms with Crippen LogP contribution in [0.5, 0.6) is 0 Å². The van der Waals surface area contributed by atoms with Crippen LogP contribution in [0.1, 0.15) is 20.8 Å². The smallest absolute Gasteiger partial charge is 0.163 e. The molecule has 0 aromatic rings. The summed E-state index contributed by atoms with van der Waals surface area (Å²) in [5.41, 5.74) is 0.0897. The fourth-order valence-electron chi connectivity index (χ4n) is 1.12. The molecule has 0 bridgehead atoms. The zero-order chi connectivity index (χ0) is 11.7. The topological polar surface area (TPSA) is 66.0 Å². The lowest BCUT2D eigenvalue weighted by molar-refractivity contribution is -0.154. The van der Waals surface area contributed by atoms with E-state index in [1.165, 1.54) is 0 Å². The molecule has 0 aromatic carbocycles. The summed E-state index contributed by atoms with van der Waals surface area (Å²) in [5.74, 6) is -0.112. The highest BCUT2D eigenvalue weighted by molar-refractivity contribution is 5.35. The van der Waals surface area contributed by atoms with E-state index in [0.29, 0.717) is 13.2 Å². The molecule has 0 saturated heterocycles. The van der Waals surface area contributed by atoms with Gasteiger partial charge in [0.1, 0.15) is 17.7 Å². The average molecular weight is 208 g/mol. The largest absolute Gasteiger partial charge is 0.352 e. The molecule has 0 aromatic heterocycles. The third-order valence-electron chi connectivity index (χ3n) is 1.76. The Bertz CT molecular complexity index is 264. The summed E-state index contributed by atoms with van der Waals surface area (Å²) in [5, 5.41) is 17.2. The first kappa shape index (κ1) is 13.6. The summed E-state index contributed by atoms with van der Waals surface area (Å²) in [6.07, 6.45) is 1.17. The summed E-state index contributed by atoms with van der Waals surface area (Å²) in [4.78, 5) is 0. The van der Waals surface area contributed by atoms with Gasteiger partial charge in [0.15, 0.2) is 6.29 Å². The first-order valence-electron chi connectivity index (χ1n) is 4.94. The third-order valence-corrected chi connectivity index (χ3v) is 1.76. The highest BCUT2D eigenvalue weighted by Gasteiger charge is 2.16. The molecule has 0 aliphatic rings. The van der Waals surface area contributed by atoms with Crippen LogP contribution in [-0.2, 0) is 9.47 Å². The molecule has 0 fully saturated rings. The number of ether oxygens (including phenoxy) is 2. The molecule has 0 N–H and O–H groups in total. The molecule has 1 atom stereocenters. The van der Waals surface area contributed by atoms with Gasteiger partial charge < -0.3 is 9.47 Å². The van der Waals surface area contributed by atoms with Crippen molar-refractivity contribution in [3.05, 3.63) is 11.6 Å². The molecule has 0 saturated carbocycles. The van der Waals surface area contributed by atoms with Crippen molar-refractivity contribution in [1.82, 2.24) is 0 Å². The van der Waals surface area contributed by atoms with Crippen LogP contribution in [0.15, 0.2) is 11.6 Å². The van der Waals surface area contributed by atoms with E-state index >= 15 is 0 Å². The summed E-state index contributed by atoms with van der Waals surface area (Å²) in [6.45, 7) is 6.68. The van der Waals surface area contributed by atoms with Crippen molar-refractivity contribution < 1.29 is 9.47 Å². The Morgan fingerprint density at radius 3 is 2.00 bits per heavy atom. The Balaban J connectivity index is 4.50. The first-order chi connectivity index (χ1) is 7.19. The fourth-order valence-corrected chi connectivity index (χ4v) is 1.12. The van der Waals surface area contributed by atoms with E-state index in [2.05, 4.69) is 0 Å². The van der Waals surface area contributed by atoms with E-state index in [-0.39, 0.29) is 11.5 Å². The van der Waals surface area contributed by atoms with Crippen molar-refractivity contribution in [2.75, 3.05) is 13.2 Å². The van der Waals surface area contributed by atoms with E-state index in [0.717, 1.165) is 0 Å². The van der Waals surface area contributed by atoms with Gasteiger partial charge in [-0.3, -0.25) is 0 Å². The minimum atomic E-state index is -0.392. The molecule has 82 valence electrons. The van der Waals surface area contributed by atoms with Crippen LogP contribution >= 0.6 is 0 Å². The molecule has 0 radical (unpaired) electrons. The Morgan fingerprint density at radius 2 is 1.67 bits per heavy atom. The molecule has 0 amide bonds. The van der Waals surface area contributed by atoms with Crippen LogP contribution < -0.4 is 0 Å². The SMILES string of the molecule is CCOC(OCC)C(C)C=C(C#N)C#N. The quantitative estimate of drug-likeness (QED) is 0.494. The Kier molecular flexibility index (Phi) is 7.27. The lowest BCUT2D eigenvalue weighted by Gasteiger charge is -2.20. The van der Waals surface area contributed by atoms with Gasteiger partial charge in [-0.25, -0.2) is 0 Å². The van der Waals surface area contributed by atoms with Crippen molar-refractivity contribution >= 4 is 0 Å². The van der Waals surface area contributed by atoms with Crippen LogP contribution in [0, 0.1) is 28.6 Å². The maximum atomic E-state index is 8.59. The van der Waals surface area contributed by atoms with Gasteiger partial charge in [0, 0.05) is 19.1 Å². The molecule has 0 heterocycles. The van der Waals surface area contributed by atoms with Crippen molar-refractivity contribution in [2.24, 2.45) is 5.92 Å². The number of nitriles is 2. The van der Waals surface area contributed by atoms with E-state index in [1.54, 1.807) is 6.08 Å². The van der Waals surface area contributed by atoms with Crippen molar-refractivity contribution in [3.8, 4) is 12.1 Å². The second-order valence-electron chi connectivity index (χ2n) is 2.94. The van der Waals surface area contributed by atoms with Crippen LogP contribution in [0.2, 0.25) is 0 Å². The lowest BCUT2D eigenvalue weighted by atomic mass is 10.1. The molecule has 1 unspecified atom stereocenters. The Hall–Kier alpha value is -1.36. The molecular weight excluding hydrogens is 192 g/mol. The van der Waals surface area contributed by atoms with Crippen LogP contribution in [0.3, 0.4) is 0 Å². The standard InChI is InChI=1S/C11H16N2O2/c1-4-14-11(15-5-2)9(3)6-10(7-12)8-13/h6,9,11H,4-5H2,1-3H3. The van der Waals surface area contributed by atoms with Crippen molar-refractivity contribution in [3.63, 3.8) is 0 Å². The predicted octanol–water partition coefficient (Wildman–Crippen LogP) is 2.00. The summed E-state index contributed by atoms with van der Waals surface area (Å²) >= 11 is 0. The molecule has 4 heteroatoms. The summed E-state index contributed by atoms with van der Waals surface area (Å²) < 4.78 is 10.7. The van der Waals surface area contributed by atoms with E-state index in [4.69, 9.17) is 20.0 Å². The predicted molar refractivity (Wildman–Crippen MR) is 55.5 cm³/mol. The maximum absolute atomic E-state index is 8.59. The monoisotopic (exact) mass is 208 g/mol. The molecular formula is C11H16N2O2. The number of allylic oxidation sites excluding steroid dienone is 1. The number of hydrogen-bond acceptors (Lipinski definition) is 4. The van der Waals surface area contributed by atoms with Crippen LogP contribution in [0.4, 0.5) is 0 Å². The van der Waals surface area contributed by atoms with Gasteiger partial charge in [-0.1, -0.05) is 6.92 Å². The number of hydrogen-bond donors (Lipinski definition) is 0. The Morgan fingerprint density at radius 1 is 1.20 bits per heavy atom. The van der Waals surface area contributed by atoms with Gasteiger partial charge >= 0.3 is 0 Å². The van der Waals surface area contributed by atoms with E-state index < -0.39 is 6.29 Å². The van der Waals surface area contributed by atoms with Crippen LogP contribution in [0.25, 0.3) is 0 Å².